The number of hydrogen-bond donors (Lipinski definition) is 1. The predicted molar refractivity (Wildman–Crippen MR) is 145 cm³/mol. The van der Waals surface area contributed by atoms with E-state index in [9.17, 15) is 18.3 Å². The van der Waals surface area contributed by atoms with E-state index >= 15 is 0 Å². The van der Waals surface area contributed by atoms with Gasteiger partial charge in [0.25, 0.3) is 0 Å². The van der Waals surface area contributed by atoms with Crippen LogP contribution in [0.4, 0.5) is 0 Å². The van der Waals surface area contributed by atoms with E-state index in [1.165, 1.54) is 50.2 Å². The van der Waals surface area contributed by atoms with Gasteiger partial charge in [-0.15, -0.1) is 0 Å². The number of thioether (sulfide) groups is 1. The molecular formula is C24H43NO7S2Si. The van der Waals surface area contributed by atoms with Gasteiger partial charge in [-0.2, -0.15) is 16.1 Å². The van der Waals surface area contributed by atoms with Crippen LogP contribution in [0.1, 0.15) is 34.6 Å². The highest BCUT2D eigenvalue weighted by molar-refractivity contribution is 8.00. The maximum absolute atomic E-state index is 13.3. The van der Waals surface area contributed by atoms with Gasteiger partial charge in [0, 0.05) is 33.5 Å². The number of hydrogen-bond acceptors (Lipinski definition) is 7. The molecule has 0 fully saturated rings. The van der Waals surface area contributed by atoms with E-state index in [0.29, 0.717) is 17.0 Å². The molecule has 202 valence electrons. The number of likely N-dealkylation sites (N-methyl/N-ethyl adjacent to an activating group) is 1. The highest BCUT2D eigenvalue weighted by Crippen LogP contribution is 2.42. The van der Waals surface area contributed by atoms with Crippen molar-refractivity contribution in [2.24, 2.45) is 5.41 Å². The summed E-state index contributed by atoms with van der Waals surface area (Å²) < 4.78 is 43.0. The summed E-state index contributed by atoms with van der Waals surface area (Å²) in [4.78, 5) is 12.4. The van der Waals surface area contributed by atoms with Crippen molar-refractivity contribution >= 4 is 36.6 Å². The van der Waals surface area contributed by atoms with E-state index in [1.807, 2.05) is 0 Å². The lowest BCUT2D eigenvalue weighted by Gasteiger charge is -2.41. The summed E-state index contributed by atoms with van der Waals surface area (Å²) in [6, 6.07) is 4.61. The molecule has 0 aliphatic carbocycles. The Labute approximate surface area is 217 Å². The predicted octanol–water partition coefficient (Wildman–Crippen LogP) is 4.17. The first-order valence-corrected chi connectivity index (χ1v) is 17.0. The number of nitrogens with zero attached hydrogens (tertiary/aromatic N) is 1. The Kier molecular flexibility index (Phi) is 11.8. The number of carbonyl (C=O) groups is 1. The Balaban J connectivity index is 3.25. The topological polar surface area (TPSA) is 102 Å². The fourth-order valence-corrected chi connectivity index (χ4v) is 10.8. The summed E-state index contributed by atoms with van der Waals surface area (Å²) in [6.45, 7) is 14.8. The molecule has 0 amide bonds. The summed E-state index contributed by atoms with van der Waals surface area (Å²) in [5, 5.41) is 10.1. The lowest BCUT2D eigenvalue weighted by atomic mass is 9.88. The number of aliphatic carboxylic acids is 1. The van der Waals surface area contributed by atoms with Gasteiger partial charge in [-0.3, -0.25) is 4.79 Å². The largest absolute Gasteiger partial charge is 0.497 e. The SMILES string of the molecule is COCO[C@H](CSC(C)(C)[C@H](C(=O)O)N(C)S(=O)(=O)c1ccc(OC)cc1)C([SiH](C)C)C(C)(C)C. The number of sulfonamides is 1. The summed E-state index contributed by atoms with van der Waals surface area (Å²) in [6.07, 6.45) is -0.149. The van der Waals surface area contributed by atoms with Gasteiger partial charge in [0.1, 0.15) is 18.6 Å². The molecule has 0 aromatic heterocycles. The third kappa shape index (κ3) is 8.46. The normalized spacial score (nSPS) is 15.8. The van der Waals surface area contributed by atoms with Gasteiger partial charge in [-0.1, -0.05) is 33.9 Å². The maximum Gasteiger partial charge on any atom is 0.323 e. The van der Waals surface area contributed by atoms with Gasteiger partial charge in [0.15, 0.2) is 0 Å². The molecular weight excluding hydrogens is 506 g/mol. The molecule has 1 N–H and O–H groups in total. The van der Waals surface area contributed by atoms with Crippen molar-refractivity contribution in [3.8, 4) is 5.75 Å². The summed E-state index contributed by atoms with van der Waals surface area (Å²) in [7, 11) is -0.836. The van der Waals surface area contributed by atoms with Gasteiger partial charge >= 0.3 is 5.97 Å². The molecule has 0 saturated carbocycles. The van der Waals surface area contributed by atoms with Crippen LogP contribution in [0.5, 0.6) is 5.75 Å². The van der Waals surface area contributed by atoms with Gasteiger partial charge < -0.3 is 19.3 Å². The van der Waals surface area contributed by atoms with E-state index in [-0.39, 0.29) is 23.2 Å². The fourth-order valence-electron chi connectivity index (χ4n) is 4.72. The fraction of sp³-hybridized carbons (Fsp3) is 0.708. The second-order valence-corrected chi connectivity index (χ2v) is 17.5. The van der Waals surface area contributed by atoms with Gasteiger partial charge in [0.2, 0.25) is 10.0 Å². The minimum atomic E-state index is -4.06. The Morgan fingerprint density at radius 3 is 2.06 bits per heavy atom. The first-order chi connectivity index (χ1) is 16.0. The number of benzene rings is 1. The quantitative estimate of drug-likeness (QED) is 0.272. The average molecular weight is 550 g/mol. The molecule has 1 aromatic carbocycles. The summed E-state index contributed by atoms with van der Waals surface area (Å²) >= 11 is 1.42. The molecule has 1 aromatic rings. The average Bonchev–Trinajstić information content (AvgIpc) is 2.73. The molecule has 35 heavy (non-hydrogen) atoms. The minimum Gasteiger partial charge on any atom is -0.497 e. The van der Waals surface area contributed by atoms with Crippen LogP contribution in [-0.4, -0.2) is 83.3 Å². The molecule has 1 unspecified atom stereocenters. The van der Waals surface area contributed by atoms with Gasteiger partial charge in [0.05, 0.1) is 18.1 Å². The minimum absolute atomic E-state index is 0.00416. The number of rotatable bonds is 14. The molecule has 0 saturated heterocycles. The Morgan fingerprint density at radius 2 is 1.66 bits per heavy atom. The zero-order chi connectivity index (χ0) is 27.2. The zero-order valence-electron chi connectivity index (χ0n) is 22.7. The lowest BCUT2D eigenvalue weighted by molar-refractivity contribution is -0.142. The molecule has 0 bridgehead atoms. The molecule has 0 aliphatic heterocycles. The number of ether oxygens (including phenoxy) is 3. The third-order valence-electron chi connectivity index (χ3n) is 6.13. The van der Waals surface area contributed by atoms with E-state index in [1.54, 1.807) is 21.0 Å². The van der Waals surface area contributed by atoms with Crippen LogP contribution in [0, 0.1) is 5.41 Å². The van der Waals surface area contributed by atoms with E-state index in [4.69, 9.17) is 14.2 Å². The monoisotopic (exact) mass is 549 g/mol. The van der Waals surface area contributed by atoms with Crippen molar-refractivity contribution in [1.82, 2.24) is 4.31 Å². The Morgan fingerprint density at radius 1 is 1.11 bits per heavy atom. The van der Waals surface area contributed by atoms with Crippen molar-refractivity contribution in [2.75, 3.05) is 33.8 Å². The van der Waals surface area contributed by atoms with Crippen LogP contribution in [0.25, 0.3) is 0 Å². The molecule has 1 rings (SSSR count). The van der Waals surface area contributed by atoms with Crippen LogP contribution in [0.2, 0.25) is 18.6 Å². The Bertz CT molecular complexity index is 915. The summed E-state index contributed by atoms with van der Waals surface area (Å²) in [5.41, 5.74) is 0.314. The van der Waals surface area contributed by atoms with Crippen molar-refractivity contribution < 1.29 is 32.5 Å². The van der Waals surface area contributed by atoms with Crippen molar-refractivity contribution in [3.05, 3.63) is 24.3 Å². The van der Waals surface area contributed by atoms with Crippen molar-refractivity contribution in [3.63, 3.8) is 0 Å². The highest BCUT2D eigenvalue weighted by Gasteiger charge is 2.45. The third-order valence-corrected chi connectivity index (χ3v) is 12.3. The van der Waals surface area contributed by atoms with E-state index in [2.05, 4.69) is 33.9 Å². The summed E-state index contributed by atoms with van der Waals surface area (Å²) in [5.74, 6) is -0.174. The molecule has 0 heterocycles. The second-order valence-electron chi connectivity index (χ2n) is 10.6. The smallest absolute Gasteiger partial charge is 0.323 e. The van der Waals surface area contributed by atoms with Crippen molar-refractivity contribution in [2.45, 2.75) is 75.0 Å². The van der Waals surface area contributed by atoms with Crippen LogP contribution in [0.15, 0.2) is 29.2 Å². The molecule has 3 atom stereocenters. The first-order valence-electron chi connectivity index (χ1n) is 11.6. The van der Waals surface area contributed by atoms with Gasteiger partial charge in [-0.25, -0.2) is 8.42 Å². The molecule has 0 spiro atoms. The number of carboxylic acid groups (broad SMARTS) is 1. The van der Waals surface area contributed by atoms with E-state index < -0.39 is 35.6 Å². The molecule has 8 nitrogen and oxygen atoms in total. The zero-order valence-corrected chi connectivity index (χ0v) is 25.5. The first kappa shape index (κ1) is 31.9. The highest BCUT2D eigenvalue weighted by atomic mass is 32.2. The van der Waals surface area contributed by atoms with Gasteiger partial charge in [-0.05, 0) is 49.1 Å². The second kappa shape index (κ2) is 12.9. The van der Waals surface area contributed by atoms with E-state index in [0.717, 1.165) is 4.31 Å². The van der Waals surface area contributed by atoms with Crippen LogP contribution < -0.4 is 4.74 Å². The van der Waals surface area contributed by atoms with Crippen LogP contribution in [0.3, 0.4) is 0 Å². The molecule has 0 aliphatic rings. The van der Waals surface area contributed by atoms with Crippen molar-refractivity contribution in [1.29, 1.82) is 0 Å². The number of methoxy groups -OCH3 is 2. The number of carboxylic acids is 1. The van der Waals surface area contributed by atoms with Crippen LogP contribution in [-0.2, 0) is 24.3 Å². The lowest BCUT2D eigenvalue weighted by Crippen LogP contribution is -2.53. The standard InChI is InChI=1S/C24H43NO7S2Si/c1-23(2,3)21(35(9)10)19(32-16-30-7)15-33-24(4,5)20(22(26)27)25(6)34(28,29)18-13-11-17(31-8)12-14-18/h11-14,19-21,35H,15-16H2,1-10H3,(H,26,27)/t19-,20+,21?/m1/s1. The Hall–Kier alpha value is -1.11. The molecule has 0 radical (unpaired) electrons. The maximum atomic E-state index is 13.3. The molecule has 11 heteroatoms. The van der Waals surface area contributed by atoms with Crippen LogP contribution >= 0.6 is 11.8 Å².